The summed E-state index contributed by atoms with van der Waals surface area (Å²) in [6, 6.07) is 13.1. The Bertz CT molecular complexity index is 706. The number of hydrogen-bond acceptors (Lipinski definition) is 4. The maximum atomic E-state index is 9.92. The van der Waals surface area contributed by atoms with Gasteiger partial charge in [0.25, 0.3) is 0 Å². The molecule has 7 heteroatoms. The molecule has 26 heavy (non-hydrogen) atoms. The predicted molar refractivity (Wildman–Crippen MR) is 115 cm³/mol. The van der Waals surface area contributed by atoms with E-state index in [1.165, 1.54) is 5.56 Å². The average molecular weight is 471 g/mol. The molecule has 2 aromatic rings. The van der Waals surface area contributed by atoms with Crippen LogP contribution in [-0.2, 0) is 13.0 Å². The first-order valence-electron chi connectivity index (χ1n) is 8.09. The summed E-state index contributed by atoms with van der Waals surface area (Å²) < 4.78 is 10.3. The molecule has 0 spiro atoms. The van der Waals surface area contributed by atoms with Crippen LogP contribution in [-0.4, -0.2) is 38.9 Å². The Morgan fingerprint density at radius 1 is 1.00 bits per heavy atom. The minimum atomic E-state index is 0. The first-order valence-corrected chi connectivity index (χ1v) is 8.09. The molecule has 0 aliphatic rings. The molecule has 0 atom stereocenters. The molecule has 0 unspecified atom stereocenters. The molecule has 142 valence electrons. The molecule has 3 N–H and O–H groups in total. The fraction of sp³-hybridized carbons (Fsp3) is 0.316. The van der Waals surface area contributed by atoms with Crippen LogP contribution in [0.1, 0.15) is 11.1 Å². The smallest absolute Gasteiger partial charge is 0.191 e. The van der Waals surface area contributed by atoms with E-state index in [2.05, 4.69) is 15.6 Å². The Morgan fingerprint density at radius 2 is 1.65 bits per heavy atom. The van der Waals surface area contributed by atoms with E-state index in [-0.39, 0.29) is 29.7 Å². The van der Waals surface area contributed by atoms with Crippen molar-refractivity contribution in [2.75, 3.05) is 27.8 Å². The molecule has 0 amide bonds. The molecule has 0 bridgehead atoms. The molecule has 0 fully saturated rings. The minimum Gasteiger partial charge on any atom is -0.508 e. The third-order valence-electron chi connectivity index (χ3n) is 3.82. The van der Waals surface area contributed by atoms with Crippen LogP contribution < -0.4 is 20.1 Å². The van der Waals surface area contributed by atoms with Gasteiger partial charge in [-0.2, -0.15) is 0 Å². The quantitative estimate of drug-likeness (QED) is 0.329. The van der Waals surface area contributed by atoms with Crippen molar-refractivity contribution in [1.82, 2.24) is 10.6 Å². The second-order valence-electron chi connectivity index (χ2n) is 5.45. The van der Waals surface area contributed by atoms with Crippen molar-refractivity contribution in [3.8, 4) is 17.2 Å². The summed E-state index contributed by atoms with van der Waals surface area (Å²) in [7, 11) is 4.98. The number of phenolic OH excluding ortho intramolecular Hbond substituents is 1. The van der Waals surface area contributed by atoms with Crippen molar-refractivity contribution in [2.24, 2.45) is 4.99 Å². The van der Waals surface area contributed by atoms with Crippen LogP contribution in [0.15, 0.2) is 47.5 Å². The summed E-state index contributed by atoms with van der Waals surface area (Å²) in [5, 5.41) is 16.4. The van der Waals surface area contributed by atoms with Crippen molar-refractivity contribution in [1.29, 1.82) is 0 Å². The third-order valence-corrected chi connectivity index (χ3v) is 3.82. The van der Waals surface area contributed by atoms with Crippen molar-refractivity contribution >= 4 is 29.9 Å². The fourth-order valence-corrected chi connectivity index (χ4v) is 2.35. The Labute approximate surface area is 171 Å². The number of benzene rings is 2. The maximum Gasteiger partial charge on any atom is 0.191 e. The number of phenols is 1. The minimum absolute atomic E-state index is 0. The summed E-state index contributed by atoms with van der Waals surface area (Å²) in [5.41, 5.74) is 1.96. The van der Waals surface area contributed by atoms with E-state index in [9.17, 15) is 5.11 Å². The lowest BCUT2D eigenvalue weighted by atomic mass is 10.1. The summed E-state index contributed by atoms with van der Waals surface area (Å²) >= 11 is 0. The van der Waals surface area contributed by atoms with Gasteiger partial charge in [-0.15, -0.1) is 24.0 Å². The number of nitrogens with one attached hydrogen (secondary N) is 2. The van der Waals surface area contributed by atoms with Crippen molar-refractivity contribution in [3.63, 3.8) is 0 Å². The Balaban J connectivity index is 0.00000338. The lowest BCUT2D eigenvalue weighted by molar-refractivity contribution is 0.410. The van der Waals surface area contributed by atoms with E-state index < -0.39 is 0 Å². The molecule has 6 nitrogen and oxygen atoms in total. The molecule has 0 aliphatic carbocycles. The molecule has 0 saturated heterocycles. The zero-order valence-electron chi connectivity index (χ0n) is 15.3. The number of hydrogen-bond donors (Lipinski definition) is 3. The third kappa shape index (κ3) is 6.62. The number of guanidine groups is 1. The molecular formula is C19H26IN3O3. The summed E-state index contributed by atoms with van der Waals surface area (Å²) in [4.78, 5) is 4.20. The molecular weight excluding hydrogens is 445 g/mol. The number of aromatic hydroxyl groups is 1. The second kappa shape index (κ2) is 11.5. The van der Waals surface area contributed by atoms with E-state index in [1.54, 1.807) is 39.5 Å². The highest BCUT2D eigenvalue weighted by Crippen LogP contribution is 2.22. The zero-order valence-corrected chi connectivity index (χ0v) is 17.6. The normalized spacial score (nSPS) is 10.7. The van der Waals surface area contributed by atoms with Gasteiger partial charge >= 0.3 is 0 Å². The molecule has 0 aliphatic heterocycles. The van der Waals surface area contributed by atoms with Crippen molar-refractivity contribution < 1.29 is 14.6 Å². The highest BCUT2D eigenvalue weighted by molar-refractivity contribution is 14.0. The first-order chi connectivity index (χ1) is 12.2. The van der Waals surface area contributed by atoms with E-state index in [1.807, 2.05) is 24.3 Å². The van der Waals surface area contributed by atoms with Crippen molar-refractivity contribution in [2.45, 2.75) is 13.0 Å². The number of methoxy groups -OCH3 is 2. The molecule has 0 radical (unpaired) electrons. The maximum absolute atomic E-state index is 9.92. The van der Waals surface area contributed by atoms with Crippen LogP contribution >= 0.6 is 24.0 Å². The lowest BCUT2D eigenvalue weighted by Gasteiger charge is -2.13. The monoisotopic (exact) mass is 471 g/mol. The molecule has 2 aromatic carbocycles. The van der Waals surface area contributed by atoms with E-state index in [4.69, 9.17) is 9.47 Å². The number of halogens is 1. The topological polar surface area (TPSA) is 75.1 Å². The van der Waals surface area contributed by atoms with Crippen LogP contribution in [0.2, 0.25) is 0 Å². The summed E-state index contributed by atoms with van der Waals surface area (Å²) in [6.07, 6.45) is 0.870. The van der Waals surface area contributed by atoms with Gasteiger partial charge in [0, 0.05) is 25.7 Å². The van der Waals surface area contributed by atoms with Gasteiger partial charge in [-0.25, -0.2) is 0 Å². The summed E-state index contributed by atoms with van der Waals surface area (Å²) in [5.74, 6) is 2.46. The molecule has 0 saturated carbocycles. The summed E-state index contributed by atoms with van der Waals surface area (Å²) in [6.45, 7) is 1.20. The van der Waals surface area contributed by atoms with Crippen molar-refractivity contribution in [3.05, 3.63) is 53.6 Å². The Hall–Kier alpha value is -2.16. The van der Waals surface area contributed by atoms with E-state index in [0.29, 0.717) is 18.3 Å². The van der Waals surface area contributed by atoms with Gasteiger partial charge in [0.2, 0.25) is 0 Å². The van der Waals surface area contributed by atoms with Crippen LogP contribution in [0.4, 0.5) is 0 Å². The highest BCUT2D eigenvalue weighted by atomic mass is 127. The number of ether oxygens (including phenoxy) is 2. The van der Waals surface area contributed by atoms with Crippen LogP contribution in [0.5, 0.6) is 17.2 Å². The number of nitrogens with zero attached hydrogens (tertiary/aromatic N) is 1. The highest BCUT2D eigenvalue weighted by Gasteiger charge is 2.05. The lowest BCUT2D eigenvalue weighted by Crippen LogP contribution is -2.37. The van der Waals surface area contributed by atoms with E-state index in [0.717, 1.165) is 24.3 Å². The average Bonchev–Trinajstić information content (AvgIpc) is 2.66. The van der Waals surface area contributed by atoms with Gasteiger partial charge in [-0.05, 0) is 42.3 Å². The van der Waals surface area contributed by atoms with Crippen LogP contribution in [0.25, 0.3) is 0 Å². The molecule has 2 rings (SSSR count). The number of rotatable bonds is 7. The van der Waals surface area contributed by atoms with Gasteiger partial charge in [0.1, 0.15) is 17.2 Å². The van der Waals surface area contributed by atoms with Gasteiger partial charge in [-0.3, -0.25) is 4.99 Å². The Kier molecular flexibility index (Phi) is 9.64. The van der Waals surface area contributed by atoms with Gasteiger partial charge in [0.15, 0.2) is 5.96 Å². The fourth-order valence-electron chi connectivity index (χ4n) is 2.35. The molecule has 0 heterocycles. The van der Waals surface area contributed by atoms with Gasteiger partial charge in [0.05, 0.1) is 14.2 Å². The molecule has 0 aromatic heterocycles. The second-order valence-corrected chi connectivity index (χ2v) is 5.45. The number of aliphatic imine (C=N–C) groups is 1. The van der Waals surface area contributed by atoms with Gasteiger partial charge in [-0.1, -0.05) is 12.1 Å². The first kappa shape index (κ1) is 21.9. The largest absolute Gasteiger partial charge is 0.508 e. The van der Waals surface area contributed by atoms with Crippen LogP contribution in [0, 0.1) is 0 Å². The Morgan fingerprint density at radius 3 is 2.27 bits per heavy atom. The zero-order chi connectivity index (χ0) is 18.1. The standard InChI is InChI=1S/C19H25N3O3.HI/c1-20-19(21-11-10-14-4-6-16(24-2)7-5-14)22-13-15-12-17(25-3)8-9-18(15)23;/h4-9,12,23H,10-11,13H2,1-3H3,(H2,20,21,22);1H. The van der Waals surface area contributed by atoms with Gasteiger partial charge < -0.3 is 25.2 Å². The predicted octanol–water partition coefficient (Wildman–Crippen LogP) is 2.94. The van der Waals surface area contributed by atoms with E-state index >= 15 is 0 Å². The SMILES string of the molecule is CN=C(NCCc1ccc(OC)cc1)NCc1cc(OC)ccc1O.I. The van der Waals surface area contributed by atoms with Crippen LogP contribution in [0.3, 0.4) is 0 Å².